The molecule has 0 saturated carbocycles. The van der Waals surface area contributed by atoms with Gasteiger partial charge in [-0.2, -0.15) is 0 Å². The highest BCUT2D eigenvalue weighted by molar-refractivity contribution is 6.19. The van der Waals surface area contributed by atoms with E-state index in [1.54, 1.807) is 12.3 Å². The molecule has 1 aromatic carbocycles. The fourth-order valence-electron chi connectivity index (χ4n) is 2.16. The molecule has 0 saturated heterocycles. The van der Waals surface area contributed by atoms with E-state index in [2.05, 4.69) is 4.99 Å². The molecule has 0 radical (unpaired) electrons. The van der Waals surface area contributed by atoms with Crippen molar-refractivity contribution in [3.8, 4) is 0 Å². The molecule has 2 aliphatic rings. The van der Waals surface area contributed by atoms with Crippen molar-refractivity contribution >= 4 is 23.8 Å². The van der Waals surface area contributed by atoms with E-state index in [9.17, 15) is 9.90 Å². The van der Waals surface area contributed by atoms with Crippen molar-refractivity contribution in [1.82, 2.24) is 0 Å². The Morgan fingerprint density at radius 2 is 2.25 bits per heavy atom. The largest absolute Gasteiger partial charge is 0.479 e. The average Bonchev–Trinajstić information content (AvgIpc) is 2.64. The monoisotopic (exact) mass is 215 g/mol. The number of fused-ring (bicyclic) bond motifs is 2. The second kappa shape index (κ2) is 3.02. The van der Waals surface area contributed by atoms with Crippen LogP contribution >= 0.6 is 0 Å². The molecule has 4 heteroatoms. The van der Waals surface area contributed by atoms with E-state index in [1.807, 2.05) is 24.3 Å². The highest BCUT2D eigenvalue weighted by Gasteiger charge is 2.45. The fraction of sp³-hybridized carbons (Fsp3) is 0.167. The maximum Gasteiger partial charge on any atom is 0.345 e. The van der Waals surface area contributed by atoms with Gasteiger partial charge in [0.15, 0.2) is 0 Å². The van der Waals surface area contributed by atoms with Gasteiger partial charge in [-0.25, -0.2) is 4.79 Å². The molecule has 0 bridgehead atoms. The van der Waals surface area contributed by atoms with Crippen molar-refractivity contribution in [3.05, 3.63) is 34.7 Å². The molecule has 1 atom stereocenters. The molecular weight excluding hydrogens is 206 g/mol. The highest BCUT2D eigenvalue weighted by Crippen LogP contribution is 2.28. The first-order valence-electron chi connectivity index (χ1n) is 4.94. The van der Waals surface area contributed by atoms with Crippen LogP contribution in [-0.4, -0.2) is 29.6 Å². The SMILES string of the molecule is O=C(O)C12C=c3ccccc3=C1C=NCO2. The van der Waals surface area contributed by atoms with Gasteiger partial charge in [0.05, 0.1) is 0 Å². The number of rotatable bonds is 1. The summed E-state index contributed by atoms with van der Waals surface area (Å²) < 4.78 is 5.34. The van der Waals surface area contributed by atoms with Crippen LogP contribution in [0.3, 0.4) is 0 Å². The highest BCUT2D eigenvalue weighted by atomic mass is 16.5. The van der Waals surface area contributed by atoms with Crippen LogP contribution < -0.4 is 10.4 Å². The van der Waals surface area contributed by atoms with Gasteiger partial charge >= 0.3 is 5.97 Å². The third-order valence-electron chi connectivity index (χ3n) is 2.91. The van der Waals surface area contributed by atoms with Crippen LogP contribution in [0.2, 0.25) is 0 Å². The zero-order chi connectivity index (χ0) is 11.2. The maximum atomic E-state index is 11.4. The van der Waals surface area contributed by atoms with Crippen molar-refractivity contribution in [1.29, 1.82) is 0 Å². The number of hydrogen-bond acceptors (Lipinski definition) is 3. The molecule has 1 aromatic rings. The summed E-state index contributed by atoms with van der Waals surface area (Å²) in [6.07, 6.45) is 3.24. The molecule has 3 rings (SSSR count). The molecule has 0 aromatic heterocycles. The lowest BCUT2D eigenvalue weighted by Gasteiger charge is -2.26. The Kier molecular flexibility index (Phi) is 1.76. The summed E-state index contributed by atoms with van der Waals surface area (Å²) >= 11 is 0. The van der Waals surface area contributed by atoms with E-state index in [4.69, 9.17) is 4.74 Å². The number of carbonyl (C=O) groups is 1. The van der Waals surface area contributed by atoms with E-state index < -0.39 is 11.6 Å². The van der Waals surface area contributed by atoms with Gasteiger partial charge in [-0.3, -0.25) is 4.99 Å². The quantitative estimate of drug-likeness (QED) is 0.688. The lowest BCUT2D eigenvalue weighted by atomic mass is 9.96. The molecule has 4 nitrogen and oxygen atoms in total. The summed E-state index contributed by atoms with van der Waals surface area (Å²) in [4.78, 5) is 15.4. The Labute approximate surface area is 91.2 Å². The summed E-state index contributed by atoms with van der Waals surface area (Å²) in [6.45, 7) is 0.0836. The Morgan fingerprint density at radius 3 is 3.06 bits per heavy atom. The van der Waals surface area contributed by atoms with Gasteiger partial charge in [-0.15, -0.1) is 0 Å². The zero-order valence-corrected chi connectivity index (χ0v) is 8.38. The molecule has 1 heterocycles. The van der Waals surface area contributed by atoms with Crippen molar-refractivity contribution in [2.75, 3.05) is 6.73 Å². The van der Waals surface area contributed by atoms with Crippen molar-refractivity contribution in [2.45, 2.75) is 5.60 Å². The lowest BCUT2D eigenvalue weighted by Crippen LogP contribution is -2.42. The first-order valence-corrected chi connectivity index (χ1v) is 4.94. The van der Waals surface area contributed by atoms with Crippen molar-refractivity contribution < 1.29 is 14.6 Å². The minimum Gasteiger partial charge on any atom is -0.479 e. The molecule has 1 unspecified atom stereocenters. The van der Waals surface area contributed by atoms with Crippen LogP contribution in [-0.2, 0) is 9.53 Å². The minimum atomic E-state index is -1.34. The summed E-state index contributed by atoms with van der Waals surface area (Å²) in [5.41, 5.74) is -0.729. The molecule has 1 aliphatic carbocycles. The normalized spacial score (nSPS) is 25.9. The van der Waals surface area contributed by atoms with E-state index in [0.717, 1.165) is 10.4 Å². The molecule has 0 fully saturated rings. The number of aliphatic carboxylic acids is 1. The number of benzene rings is 1. The first-order chi connectivity index (χ1) is 7.74. The Bertz CT molecular complexity index is 617. The molecule has 80 valence electrons. The number of aliphatic imine (C=N–C) groups is 1. The third-order valence-corrected chi connectivity index (χ3v) is 2.91. The smallest absolute Gasteiger partial charge is 0.345 e. The third kappa shape index (κ3) is 1.02. The predicted octanol–water partition coefficient (Wildman–Crippen LogP) is -0.487. The molecule has 1 aliphatic heterocycles. The van der Waals surface area contributed by atoms with Gasteiger partial charge in [-0.05, 0) is 16.5 Å². The molecule has 0 spiro atoms. The summed E-state index contributed by atoms with van der Waals surface area (Å²) in [7, 11) is 0. The van der Waals surface area contributed by atoms with E-state index in [1.165, 1.54) is 0 Å². The summed E-state index contributed by atoms with van der Waals surface area (Å²) in [6, 6.07) is 7.51. The van der Waals surface area contributed by atoms with Gasteiger partial charge in [0, 0.05) is 11.8 Å². The average molecular weight is 215 g/mol. The van der Waals surface area contributed by atoms with Gasteiger partial charge in [-0.1, -0.05) is 24.3 Å². The van der Waals surface area contributed by atoms with Crippen LogP contribution in [0.15, 0.2) is 29.3 Å². The summed E-state index contributed by atoms with van der Waals surface area (Å²) in [5, 5.41) is 11.1. The molecule has 0 amide bonds. The van der Waals surface area contributed by atoms with Crippen molar-refractivity contribution in [2.24, 2.45) is 4.99 Å². The van der Waals surface area contributed by atoms with Gasteiger partial charge < -0.3 is 9.84 Å². The van der Waals surface area contributed by atoms with E-state index in [0.29, 0.717) is 5.57 Å². The first kappa shape index (κ1) is 9.30. The second-order valence-corrected chi connectivity index (χ2v) is 3.77. The lowest BCUT2D eigenvalue weighted by molar-refractivity contribution is -0.151. The topological polar surface area (TPSA) is 58.9 Å². The number of ether oxygens (including phenoxy) is 1. The second-order valence-electron chi connectivity index (χ2n) is 3.77. The number of carboxylic acid groups (broad SMARTS) is 1. The molecular formula is C12H9NO3. The van der Waals surface area contributed by atoms with Crippen LogP contribution in [0.1, 0.15) is 0 Å². The Balaban J connectivity index is 2.42. The van der Waals surface area contributed by atoms with Crippen LogP contribution in [0, 0.1) is 0 Å². The molecule has 16 heavy (non-hydrogen) atoms. The predicted molar refractivity (Wildman–Crippen MR) is 58.4 cm³/mol. The van der Waals surface area contributed by atoms with Gasteiger partial charge in [0.25, 0.3) is 0 Å². The Morgan fingerprint density at radius 1 is 1.44 bits per heavy atom. The number of nitrogens with zero attached hydrogens (tertiary/aromatic N) is 1. The maximum absolute atomic E-state index is 11.4. The number of carboxylic acids is 1. The van der Waals surface area contributed by atoms with Gasteiger partial charge in [0.1, 0.15) is 6.73 Å². The zero-order valence-electron chi connectivity index (χ0n) is 8.38. The van der Waals surface area contributed by atoms with Crippen LogP contribution in [0.4, 0.5) is 0 Å². The van der Waals surface area contributed by atoms with E-state index in [-0.39, 0.29) is 6.73 Å². The molecule has 1 N–H and O–H groups in total. The minimum absolute atomic E-state index is 0.0836. The standard InChI is InChI=1S/C12H9NO3/c14-11(15)12-5-8-3-1-2-4-9(8)10(12)6-13-7-16-12/h1-6H,7H2,(H,14,15). The summed E-state index contributed by atoms with van der Waals surface area (Å²) in [5.74, 6) is -0.996. The van der Waals surface area contributed by atoms with Gasteiger partial charge in [0.2, 0.25) is 5.60 Å². The van der Waals surface area contributed by atoms with Crippen LogP contribution in [0.5, 0.6) is 0 Å². The van der Waals surface area contributed by atoms with Crippen LogP contribution in [0.25, 0.3) is 11.6 Å². The number of hydrogen-bond donors (Lipinski definition) is 1. The van der Waals surface area contributed by atoms with Crippen molar-refractivity contribution in [3.63, 3.8) is 0 Å². The Hall–Kier alpha value is -1.94. The van der Waals surface area contributed by atoms with E-state index >= 15 is 0 Å². The fourth-order valence-corrected chi connectivity index (χ4v) is 2.16.